The van der Waals surface area contributed by atoms with E-state index >= 15 is 0 Å². The lowest BCUT2D eigenvalue weighted by molar-refractivity contribution is 0.0560. The van der Waals surface area contributed by atoms with Crippen molar-refractivity contribution in [3.05, 3.63) is 62.3 Å². The molecular formula is C25H28N6O. The Balaban J connectivity index is 1.59. The van der Waals surface area contributed by atoms with Crippen LogP contribution in [-0.4, -0.2) is 47.4 Å². The predicted molar refractivity (Wildman–Crippen MR) is 124 cm³/mol. The molecule has 0 radical (unpaired) electrons. The molecule has 164 valence electrons. The first-order valence-corrected chi connectivity index (χ1v) is 11.2. The van der Waals surface area contributed by atoms with Crippen molar-refractivity contribution in [3.8, 4) is 6.07 Å². The Bertz CT molecular complexity index is 1250. The lowest BCUT2D eigenvalue weighted by Crippen LogP contribution is -2.40. The number of hydrogen-bond acceptors (Lipinski definition) is 7. The van der Waals surface area contributed by atoms with Crippen LogP contribution >= 0.6 is 0 Å². The van der Waals surface area contributed by atoms with E-state index in [-0.39, 0.29) is 6.04 Å². The maximum Gasteiger partial charge on any atom is 0.157 e. The number of nitrogens with one attached hydrogen (secondary N) is 2. The van der Waals surface area contributed by atoms with Crippen molar-refractivity contribution in [1.29, 1.82) is 5.26 Å². The van der Waals surface area contributed by atoms with Gasteiger partial charge in [-0.2, -0.15) is 10.4 Å². The highest BCUT2D eigenvalue weighted by Gasteiger charge is 2.34. The first kappa shape index (κ1) is 20.5. The van der Waals surface area contributed by atoms with E-state index in [1.54, 1.807) is 0 Å². The average molecular weight is 429 g/mol. The second kappa shape index (κ2) is 8.29. The molecule has 0 spiro atoms. The van der Waals surface area contributed by atoms with Crippen molar-refractivity contribution in [2.45, 2.75) is 39.3 Å². The summed E-state index contributed by atoms with van der Waals surface area (Å²) in [6.07, 6.45) is 5.43. The molecule has 2 aliphatic heterocycles. The van der Waals surface area contributed by atoms with Crippen LogP contribution in [0.15, 0.2) is 29.5 Å². The summed E-state index contributed by atoms with van der Waals surface area (Å²) >= 11 is 0. The molecule has 0 bridgehead atoms. The van der Waals surface area contributed by atoms with Gasteiger partial charge in [0.15, 0.2) is 5.82 Å². The Labute approximate surface area is 188 Å². The van der Waals surface area contributed by atoms with Crippen LogP contribution in [-0.2, 0) is 4.74 Å². The molecule has 2 aromatic rings. The van der Waals surface area contributed by atoms with E-state index in [2.05, 4.69) is 57.1 Å². The number of ether oxygens (including phenoxy) is 1. The van der Waals surface area contributed by atoms with Gasteiger partial charge >= 0.3 is 0 Å². The summed E-state index contributed by atoms with van der Waals surface area (Å²) in [6.45, 7) is 9.41. The van der Waals surface area contributed by atoms with E-state index in [1.807, 2.05) is 26.0 Å². The quantitative estimate of drug-likeness (QED) is 0.765. The van der Waals surface area contributed by atoms with Crippen molar-refractivity contribution in [3.63, 3.8) is 0 Å². The van der Waals surface area contributed by atoms with Gasteiger partial charge in [0.25, 0.3) is 0 Å². The molecule has 5 rings (SSSR count). The fraction of sp³-hybridized carbons (Fsp3) is 0.400. The fourth-order valence-electron chi connectivity index (χ4n) is 4.63. The van der Waals surface area contributed by atoms with Gasteiger partial charge in [-0.25, -0.2) is 0 Å². The standard InChI is InChI=1S/C25H28N6O/c1-15-18(13-26)5-4-6-19(15)16(2)28-25-20-12-24(31-7-9-32-10-8-31)21-11-23(21)27-14-22(20)17(3)29-30-25/h4-6,12,14,16,23,27H,7-11H2,1-3H3,(H,28,30)/b20-12+,22-14-,24-21?/t16-,23+/m1/s1. The lowest BCUT2D eigenvalue weighted by atomic mass is 9.98. The summed E-state index contributed by atoms with van der Waals surface area (Å²) in [4.78, 5) is 2.43. The monoisotopic (exact) mass is 428 g/mol. The SMILES string of the molecule is Cc1c(C#N)cccc1[C@@H](C)Nc1nnc(C)c2/c1=C\C(N1CCOCC1)=C1C[C@@H]1N\C=2. The van der Waals surface area contributed by atoms with Gasteiger partial charge in [-0.3, -0.25) is 0 Å². The van der Waals surface area contributed by atoms with Gasteiger partial charge in [0.05, 0.1) is 42.6 Å². The van der Waals surface area contributed by atoms with E-state index in [0.29, 0.717) is 11.6 Å². The zero-order valence-corrected chi connectivity index (χ0v) is 18.8. The van der Waals surface area contributed by atoms with Gasteiger partial charge in [-0.15, -0.1) is 5.10 Å². The maximum absolute atomic E-state index is 9.42. The van der Waals surface area contributed by atoms with Crippen molar-refractivity contribution in [2.75, 3.05) is 31.6 Å². The minimum atomic E-state index is -0.0237. The van der Waals surface area contributed by atoms with Crippen molar-refractivity contribution >= 4 is 18.1 Å². The molecule has 0 amide bonds. The summed E-state index contributed by atoms with van der Waals surface area (Å²) in [7, 11) is 0. The van der Waals surface area contributed by atoms with Crippen LogP contribution in [0.2, 0.25) is 0 Å². The Morgan fingerprint density at radius 1 is 1.22 bits per heavy atom. The summed E-state index contributed by atoms with van der Waals surface area (Å²) in [6, 6.07) is 8.51. The maximum atomic E-state index is 9.42. The number of nitrogens with zero attached hydrogens (tertiary/aromatic N) is 4. The molecule has 1 aromatic heterocycles. The number of allylic oxidation sites excluding steroid dienone is 1. The molecule has 1 saturated heterocycles. The second-order valence-corrected chi connectivity index (χ2v) is 8.68. The van der Waals surface area contributed by atoms with Gasteiger partial charge in [0.2, 0.25) is 0 Å². The number of fused-ring (bicyclic) bond motifs is 2. The highest BCUT2D eigenvalue weighted by molar-refractivity contribution is 5.61. The highest BCUT2D eigenvalue weighted by atomic mass is 16.5. The molecule has 2 N–H and O–H groups in total. The van der Waals surface area contributed by atoms with Crippen molar-refractivity contribution in [1.82, 2.24) is 20.4 Å². The number of aryl methyl sites for hydroxylation is 1. The van der Waals surface area contributed by atoms with E-state index in [4.69, 9.17) is 4.74 Å². The number of anilines is 1. The molecule has 7 nitrogen and oxygen atoms in total. The van der Waals surface area contributed by atoms with Crippen molar-refractivity contribution < 1.29 is 4.74 Å². The number of morpholine rings is 1. The second-order valence-electron chi connectivity index (χ2n) is 8.68. The van der Waals surface area contributed by atoms with Crippen LogP contribution in [0.3, 0.4) is 0 Å². The van der Waals surface area contributed by atoms with Gasteiger partial charge in [-0.05, 0) is 56.0 Å². The Hall–Kier alpha value is -3.37. The minimum Gasteiger partial charge on any atom is -0.383 e. The Kier molecular flexibility index (Phi) is 5.32. The molecule has 32 heavy (non-hydrogen) atoms. The molecule has 0 unspecified atom stereocenters. The summed E-state index contributed by atoms with van der Waals surface area (Å²) in [5.41, 5.74) is 6.40. The number of benzene rings is 1. The largest absolute Gasteiger partial charge is 0.383 e. The molecule has 3 aliphatic rings. The lowest BCUT2D eigenvalue weighted by Gasteiger charge is -2.30. The van der Waals surface area contributed by atoms with E-state index in [9.17, 15) is 5.26 Å². The predicted octanol–water partition coefficient (Wildman–Crippen LogP) is 1.62. The topological polar surface area (TPSA) is 86.1 Å². The zero-order chi connectivity index (χ0) is 22.2. The molecule has 2 atom stereocenters. The smallest absolute Gasteiger partial charge is 0.157 e. The number of aromatic nitrogens is 2. The molecule has 3 heterocycles. The van der Waals surface area contributed by atoms with Gasteiger partial charge < -0.3 is 20.3 Å². The Morgan fingerprint density at radius 2 is 2.03 bits per heavy atom. The number of nitriles is 1. The van der Waals surface area contributed by atoms with E-state index < -0.39 is 0 Å². The first-order valence-electron chi connectivity index (χ1n) is 11.2. The van der Waals surface area contributed by atoms with E-state index in [0.717, 1.165) is 65.8 Å². The van der Waals surface area contributed by atoms with Crippen LogP contribution < -0.4 is 21.1 Å². The average Bonchev–Trinajstić information content (AvgIpc) is 3.55. The molecule has 2 fully saturated rings. The molecule has 1 aromatic carbocycles. The summed E-state index contributed by atoms with van der Waals surface area (Å²) in [5.74, 6) is 0.753. The molecule has 7 heteroatoms. The normalized spacial score (nSPS) is 22.4. The highest BCUT2D eigenvalue weighted by Crippen LogP contribution is 2.35. The Morgan fingerprint density at radius 3 is 2.81 bits per heavy atom. The third kappa shape index (κ3) is 3.71. The van der Waals surface area contributed by atoms with Crippen LogP contribution in [0.25, 0.3) is 12.3 Å². The van der Waals surface area contributed by atoms with Crippen LogP contribution in [0.1, 0.15) is 41.8 Å². The third-order valence-electron chi connectivity index (χ3n) is 6.63. The minimum absolute atomic E-state index is 0.0237. The fourth-order valence-corrected chi connectivity index (χ4v) is 4.63. The van der Waals surface area contributed by atoms with Crippen LogP contribution in [0, 0.1) is 25.2 Å². The van der Waals surface area contributed by atoms with Crippen molar-refractivity contribution in [2.24, 2.45) is 0 Å². The molecule has 1 saturated carbocycles. The molecule has 1 aliphatic carbocycles. The third-order valence-corrected chi connectivity index (χ3v) is 6.63. The van der Waals surface area contributed by atoms with E-state index in [1.165, 1.54) is 11.3 Å². The molecular weight excluding hydrogens is 400 g/mol. The number of rotatable bonds is 4. The summed E-state index contributed by atoms with van der Waals surface area (Å²) in [5, 5.41) is 27.7. The summed E-state index contributed by atoms with van der Waals surface area (Å²) < 4.78 is 5.58. The van der Waals surface area contributed by atoms with Gasteiger partial charge in [0, 0.05) is 35.4 Å². The first-order chi connectivity index (χ1) is 15.6. The van der Waals surface area contributed by atoms with Crippen LogP contribution in [0.4, 0.5) is 5.82 Å². The van der Waals surface area contributed by atoms with Crippen LogP contribution in [0.5, 0.6) is 0 Å². The zero-order valence-electron chi connectivity index (χ0n) is 18.8. The van der Waals surface area contributed by atoms with Gasteiger partial charge in [-0.1, -0.05) is 12.1 Å². The number of hydrogen-bond donors (Lipinski definition) is 2. The van der Waals surface area contributed by atoms with Gasteiger partial charge in [0.1, 0.15) is 0 Å².